The molecule has 1 rings (SSSR count). The van der Waals surface area contributed by atoms with E-state index in [1.54, 1.807) is 0 Å². The lowest BCUT2D eigenvalue weighted by Crippen LogP contribution is -2.39. The van der Waals surface area contributed by atoms with Gasteiger partial charge in [-0.1, -0.05) is 27.7 Å². The van der Waals surface area contributed by atoms with Crippen molar-refractivity contribution < 1.29 is 9.47 Å². The average Bonchev–Trinajstić information content (AvgIpc) is 2.30. The fraction of sp³-hybridized carbons (Fsp3) is 1.00. The summed E-state index contributed by atoms with van der Waals surface area (Å²) in [6.45, 7) is 14.9. The van der Waals surface area contributed by atoms with Crippen LogP contribution in [0.3, 0.4) is 0 Å². The molecule has 0 bridgehead atoms. The van der Waals surface area contributed by atoms with Crippen molar-refractivity contribution in [3.63, 3.8) is 0 Å². The van der Waals surface area contributed by atoms with Crippen LogP contribution in [0.4, 0.5) is 0 Å². The van der Waals surface area contributed by atoms with E-state index in [0.717, 1.165) is 25.7 Å². The molecule has 0 aromatic rings. The van der Waals surface area contributed by atoms with Crippen LogP contribution in [0.15, 0.2) is 0 Å². The van der Waals surface area contributed by atoms with Gasteiger partial charge in [0.1, 0.15) is 0 Å². The number of nitrogens with zero attached hydrogens (tertiary/aromatic N) is 1. The third-order valence-electron chi connectivity index (χ3n) is 3.19. The topological polar surface area (TPSA) is 21.7 Å². The summed E-state index contributed by atoms with van der Waals surface area (Å²) in [6, 6.07) is 0. The maximum Gasteiger partial charge on any atom is 0.0704 e. The monoisotopic (exact) mass is 257 g/mol. The Labute approximate surface area is 113 Å². The van der Waals surface area contributed by atoms with Crippen molar-refractivity contribution in [2.75, 3.05) is 39.5 Å². The van der Waals surface area contributed by atoms with E-state index in [1.165, 1.54) is 32.5 Å². The van der Waals surface area contributed by atoms with Gasteiger partial charge in [-0.25, -0.2) is 0 Å². The lowest BCUT2D eigenvalue weighted by Gasteiger charge is -2.32. The molecule has 0 aromatic carbocycles. The molecule has 0 radical (unpaired) electrons. The van der Waals surface area contributed by atoms with Crippen LogP contribution in [-0.4, -0.2) is 50.5 Å². The third-order valence-corrected chi connectivity index (χ3v) is 3.19. The first-order valence-corrected chi connectivity index (χ1v) is 7.49. The molecule has 0 N–H and O–H groups in total. The van der Waals surface area contributed by atoms with Gasteiger partial charge in [0.2, 0.25) is 0 Å². The van der Waals surface area contributed by atoms with E-state index < -0.39 is 0 Å². The summed E-state index contributed by atoms with van der Waals surface area (Å²) in [4.78, 5) is 2.56. The van der Waals surface area contributed by atoms with Crippen LogP contribution in [0.25, 0.3) is 0 Å². The predicted octanol–water partition coefficient (Wildman–Crippen LogP) is 2.80. The Kier molecular flexibility index (Phi) is 7.87. The van der Waals surface area contributed by atoms with Gasteiger partial charge in [-0.3, -0.25) is 0 Å². The van der Waals surface area contributed by atoms with E-state index in [-0.39, 0.29) is 0 Å². The van der Waals surface area contributed by atoms with Gasteiger partial charge in [-0.2, -0.15) is 0 Å². The first-order valence-electron chi connectivity index (χ1n) is 7.49. The minimum absolute atomic E-state index is 0.455. The SMILES string of the molecule is CC(C)COCCOC1CCN(CC(C)C)CC1. The number of hydrogen-bond donors (Lipinski definition) is 0. The molecule has 3 heteroatoms. The normalized spacial score (nSPS) is 19.0. The predicted molar refractivity (Wildman–Crippen MR) is 75.9 cm³/mol. The first kappa shape index (κ1) is 15.9. The highest BCUT2D eigenvalue weighted by molar-refractivity contribution is 4.73. The largest absolute Gasteiger partial charge is 0.379 e. The van der Waals surface area contributed by atoms with E-state index in [4.69, 9.17) is 9.47 Å². The maximum atomic E-state index is 5.87. The molecule has 1 heterocycles. The van der Waals surface area contributed by atoms with Gasteiger partial charge in [0.05, 0.1) is 19.3 Å². The number of hydrogen-bond acceptors (Lipinski definition) is 3. The van der Waals surface area contributed by atoms with Gasteiger partial charge in [0.25, 0.3) is 0 Å². The van der Waals surface area contributed by atoms with E-state index in [9.17, 15) is 0 Å². The van der Waals surface area contributed by atoms with Gasteiger partial charge in [-0.15, -0.1) is 0 Å². The third kappa shape index (κ3) is 7.34. The van der Waals surface area contributed by atoms with Gasteiger partial charge in [0, 0.05) is 26.2 Å². The zero-order valence-electron chi connectivity index (χ0n) is 12.7. The molecule has 1 saturated heterocycles. The summed E-state index contributed by atoms with van der Waals surface area (Å²) in [7, 11) is 0. The van der Waals surface area contributed by atoms with Crippen LogP contribution < -0.4 is 0 Å². The molecule has 0 aliphatic carbocycles. The Morgan fingerprint density at radius 3 is 2.22 bits per heavy atom. The zero-order valence-corrected chi connectivity index (χ0v) is 12.7. The number of likely N-dealkylation sites (tertiary alicyclic amines) is 1. The van der Waals surface area contributed by atoms with Crippen molar-refractivity contribution in [1.82, 2.24) is 4.90 Å². The van der Waals surface area contributed by atoms with Crippen molar-refractivity contribution in [2.45, 2.75) is 46.6 Å². The van der Waals surface area contributed by atoms with E-state index in [1.807, 2.05) is 0 Å². The molecule has 108 valence electrons. The smallest absolute Gasteiger partial charge is 0.0704 e. The molecule has 0 aromatic heterocycles. The highest BCUT2D eigenvalue weighted by Gasteiger charge is 2.19. The molecule has 1 aliphatic rings. The van der Waals surface area contributed by atoms with Crippen LogP contribution in [0.2, 0.25) is 0 Å². The summed E-state index contributed by atoms with van der Waals surface area (Å²) < 4.78 is 11.4. The molecule has 18 heavy (non-hydrogen) atoms. The van der Waals surface area contributed by atoms with Crippen molar-refractivity contribution >= 4 is 0 Å². The van der Waals surface area contributed by atoms with E-state index in [2.05, 4.69) is 32.6 Å². The van der Waals surface area contributed by atoms with Crippen molar-refractivity contribution in [1.29, 1.82) is 0 Å². The second-order valence-corrected chi connectivity index (χ2v) is 6.23. The van der Waals surface area contributed by atoms with E-state index in [0.29, 0.717) is 12.0 Å². The molecule has 1 fully saturated rings. The highest BCUT2D eigenvalue weighted by atomic mass is 16.5. The van der Waals surface area contributed by atoms with Crippen LogP contribution in [0, 0.1) is 11.8 Å². The van der Waals surface area contributed by atoms with Crippen LogP contribution in [0.1, 0.15) is 40.5 Å². The Morgan fingerprint density at radius 1 is 1.00 bits per heavy atom. The second kappa shape index (κ2) is 8.89. The Hall–Kier alpha value is -0.120. The summed E-state index contributed by atoms with van der Waals surface area (Å²) >= 11 is 0. The lowest BCUT2D eigenvalue weighted by molar-refractivity contribution is -0.0267. The number of ether oxygens (including phenoxy) is 2. The molecule has 0 spiro atoms. The maximum absolute atomic E-state index is 5.87. The lowest BCUT2D eigenvalue weighted by atomic mass is 10.1. The Bertz CT molecular complexity index is 199. The zero-order chi connectivity index (χ0) is 13.4. The Balaban J connectivity index is 1.98. The Morgan fingerprint density at radius 2 is 1.67 bits per heavy atom. The molecule has 0 amide bonds. The number of rotatable bonds is 8. The molecule has 0 saturated carbocycles. The van der Waals surface area contributed by atoms with Crippen molar-refractivity contribution in [3.8, 4) is 0 Å². The minimum atomic E-state index is 0.455. The number of piperidine rings is 1. The van der Waals surface area contributed by atoms with Gasteiger partial charge in [0.15, 0.2) is 0 Å². The van der Waals surface area contributed by atoms with Crippen LogP contribution in [-0.2, 0) is 9.47 Å². The van der Waals surface area contributed by atoms with Crippen molar-refractivity contribution in [3.05, 3.63) is 0 Å². The molecular formula is C15H31NO2. The summed E-state index contributed by atoms with van der Waals surface area (Å²) in [6.07, 6.45) is 2.81. The molecule has 1 aliphatic heterocycles. The highest BCUT2D eigenvalue weighted by Crippen LogP contribution is 2.14. The minimum Gasteiger partial charge on any atom is -0.379 e. The molecule has 3 nitrogen and oxygen atoms in total. The molecule has 0 atom stereocenters. The molecule has 0 unspecified atom stereocenters. The molecular weight excluding hydrogens is 226 g/mol. The quantitative estimate of drug-likeness (QED) is 0.624. The summed E-state index contributed by atoms with van der Waals surface area (Å²) in [5, 5.41) is 0. The summed E-state index contributed by atoms with van der Waals surface area (Å²) in [5.41, 5.74) is 0. The summed E-state index contributed by atoms with van der Waals surface area (Å²) in [5.74, 6) is 1.39. The van der Waals surface area contributed by atoms with Crippen LogP contribution >= 0.6 is 0 Å². The van der Waals surface area contributed by atoms with Gasteiger partial charge >= 0.3 is 0 Å². The fourth-order valence-corrected chi connectivity index (χ4v) is 2.37. The first-order chi connectivity index (χ1) is 8.58. The van der Waals surface area contributed by atoms with E-state index >= 15 is 0 Å². The van der Waals surface area contributed by atoms with Gasteiger partial charge < -0.3 is 14.4 Å². The van der Waals surface area contributed by atoms with Gasteiger partial charge in [-0.05, 0) is 24.7 Å². The van der Waals surface area contributed by atoms with Crippen molar-refractivity contribution in [2.24, 2.45) is 11.8 Å². The van der Waals surface area contributed by atoms with Crippen LogP contribution in [0.5, 0.6) is 0 Å². The standard InChI is InChI=1S/C15H31NO2/c1-13(2)11-16-7-5-15(6-8-16)18-10-9-17-12-14(3)4/h13-15H,5-12H2,1-4H3. The average molecular weight is 257 g/mol. The second-order valence-electron chi connectivity index (χ2n) is 6.23. The fourth-order valence-electron chi connectivity index (χ4n) is 2.37.